The summed E-state index contributed by atoms with van der Waals surface area (Å²) in [5, 5.41) is 0. The molecule has 28 heavy (non-hydrogen) atoms. The summed E-state index contributed by atoms with van der Waals surface area (Å²) in [6, 6.07) is 0. The van der Waals surface area contributed by atoms with Gasteiger partial charge in [-0.2, -0.15) is 0 Å². The van der Waals surface area contributed by atoms with Gasteiger partial charge in [-0.3, -0.25) is 0 Å². The highest BCUT2D eigenvalue weighted by molar-refractivity contribution is 5.14. The Kier molecular flexibility index (Phi) is 6.47. The van der Waals surface area contributed by atoms with Crippen molar-refractivity contribution in [2.24, 2.45) is 28.6 Å². The minimum absolute atomic E-state index is 0.179. The van der Waals surface area contributed by atoms with Crippen LogP contribution in [-0.4, -0.2) is 11.2 Å². The van der Waals surface area contributed by atoms with Crippen molar-refractivity contribution in [2.45, 2.75) is 130 Å². The predicted octanol–water partition coefficient (Wildman–Crippen LogP) is 8.33. The largest absolute Gasteiger partial charge is 0.368 e. The normalized spacial score (nSPS) is 30.4. The average Bonchev–Trinajstić information content (AvgIpc) is 3.28. The van der Waals surface area contributed by atoms with Crippen molar-refractivity contribution >= 4 is 0 Å². The summed E-state index contributed by atoms with van der Waals surface area (Å²) in [5.41, 5.74) is 1.20. The van der Waals surface area contributed by atoms with Crippen molar-refractivity contribution < 1.29 is 4.74 Å². The summed E-state index contributed by atoms with van der Waals surface area (Å²) in [5.74, 6) is 2.25. The summed E-state index contributed by atoms with van der Waals surface area (Å²) in [6.45, 7) is 17.1. The van der Waals surface area contributed by atoms with E-state index < -0.39 is 0 Å². The number of rotatable bonds is 8. The Morgan fingerprint density at radius 3 is 2.14 bits per heavy atom. The molecular weight excluding hydrogens is 340 g/mol. The Hall–Kier alpha value is -0.300. The minimum Gasteiger partial charge on any atom is -0.368 e. The van der Waals surface area contributed by atoms with Gasteiger partial charge in [0.25, 0.3) is 0 Å². The first kappa shape index (κ1) is 22.4. The SMILES string of the molecule is CCC1(OC2(C3C=CCC(C(CC(C)(C)C)C(C)(C)CC)C3)CC2)CCCC1. The van der Waals surface area contributed by atoms with Crippen molar-refractivity contribution in [1.29, 1.82) is 0 Å². The third-order valence-electron chi connectivity index (χ3n) is 8.68. The summed E-state index contributed by atoms with van der Waals surface area (Å²) >= 11 is 0. The highest BCUT2D eigenvalue weighted by atomic mass is 16.5. The van der Waals surface area contributed by atoms with Crippen LogP contribution in [0.1, 0.15) is 119 Å². The van der Waals surface area contributed by atoms with Gasteiger partial charge in [0.2, 0.25) is 0 Å². The maximum atomic E-state index is 7.08. The second kappa shape index (κ2) is 8.09. The molecule has 2 fully saturated rings. The summed E-state index contributed by atoms with van der Waals surface area (Å²) < 4.78 is 7.08. The molecule has 0 aromatic carbocycles. The van der Waals surface area contributed by atoms with Gasteiger partial charge in [-0.1, -0.05) is 79.9 Å². The molecule has 3 atom stereocenters. The van der Waals surface area contributed by atoms with Gasteiger partial charge in [0, 0.05) is 5.92 Å². The van der Waals surface area contributed by atoms with E-state index in [1.807, 2.05) is 0 Å². The van der Waals surface area contributed by atoms with Gasteiger partial charge < -0.3 is 4.74 Å². The molecule has 0 aromatic heterocycles. The molecule has 0 heterocycles. The van der Waals surface area contributed by atoms with Crippen LogP contribution in [0, 0.1) is 28.6 Å². The summed E-state index contributed by atoms with van der Waals surface area (Å²) in [4.78, 5) is 0. The number of ether oxygens (including phenoxy) is 1. The van der Waals surface area contributed by atoms with E-state index in [1.165, 1.54) is 70.6 Å². The Bertz CT molecular complexity index is 539. The monoisotopic (exact) mass is 388 g/mol. The van der Waals surface area contributed by atoms with Gasteiger partial charge in [0.15, 0.2) is 0 Å². The molecule has 3 rings (SSSR count). The lowest BCUT2D eigenvalue weighted by Crippen LogP contribution is -2.41. The van der Waals surface area contributed by atoms with E-state index in [0.717, 1.165) is 11.8 Å². The van der Waals surface area contributed by atoms with Crippen LogP contribution in [0.5, 0.6) is 0 Å². The highest BCUT2D eigenvalue weighted by Crippen LogP contribution is 2.57. The zero-order chi connectivity index (χ0) is 20.6. The van der Waals surface area contributed by atoms with Crippen molar-refractivity contribution in [3.05, 3.63) is 12.2 Å². The molecule has 3 unspecified atom stereocenters. The molecule has 0 radical (unpaired) electrons. The van der Waals surface area contributed by atoms with Crippen LogP contribution in [0.25, 0.3) is 0 Å². The molecule has 3 aliphatic carbocycles. The fourth-order valence-corrected chi connectivity index (χ4v) is 6.29. The second-order valence-electron chi connectivity index (χ2n) is 12.4. The lowest BCUT2D eigenvalue weighted by molar-refractivity contribution is -0.128. The summed E-state index contributed by atoms with van der Waals surface area (Å²) in [7, 11) is 0. The molecule has 3 aliphatic rings. The smallest absolute Gasteiger partial charge is 0.0754 e. The topological polar surface area (TPSA) is 9.23 Å². The van der Waals surface area contributed by atoms with Crippen molar-refractivity contribution in [3.63, 3.8) is 0 Å². The Morgan fingerprint density at radius 1 is 1.00 bits per heavy atom. The first-order chi connectivity index (χ1) is 13.0. The van der Waals surface area contributed by atoms with Crippen LogP contribution in [0.15, 0.2) is 12.2 Å². The first-order valence-electron chi connectivity index (χ1n) is 12.4. The van der Waals surface area contributed by atoms with E-state index >= 15 is 0 Å². The van der Waals surface area contributed by atoms with E-state index in [4.69, 9.17) is 4.74 Å². The van der Waals surface area contributed by atoms with Crippen LogP contribution in [0.2, 0.25) is 0 Å². The zero-order valence-electron chi connectivity index (χ0n) is 20.1. The lowest BCUT2D eigenvalue weighted by atomic mass is 9.61. The van der Waals surface area contributed by atoms with Crippen LogP contribution in [-0.2, 0) is 4.74 Å². The number of hydrogen-bond donors (Lipinski definition) is 0. The van der Waals surface area contributed by atoms with E-state index in [0.29, 0.717) is 16.7 Å². The molecule has 0 saturated heterocycles. The van der Waals surface area contributed by atoms with Crippen LogP contribution >= 0.6 is 0 Å². The average molecular weight is 389 g/mol. The lowest BCUT2D eigenvalue weighted by Gasteiger charge is -2.46. The number of allylic oxidation sites excluding steroid dienone is 1. The fourth-order valence-electron chi connectivity index (χ4n) is 6.29. The molecule has 0 aliphatic heterocycles. The quantitative estimate of drug-likeness (QED) is 0.380. The fraction of sp³-hybridized carbons (Fsp3) is 0.926. The molecule has 0 aromatic rings. The third-order valence-corrected chi connectivity index (χ3v) is 8.68. The highest BCUT2D eigenvalue weighted by Gasteiger charge is 2.55. The molecule has 0 N–H and O–H groups in total. The van der Waals surface area contributed by atoms with Gasteiger partial charge in [-0.05, 0) is 74.0 Å². The van der Waals surface area contributed by atoms with E-state index in [9.17, 15) is 0 Å². The minimum atomic E-state index is 0.179. The van der Waals surface area contributed by atoms with Crippen molar-refractivity contribution in [2.75, 3.05) is 0 Å². The Morgan fingerprint density at radius 2 is 1.64 bits per heavy atom. The Balaban J connectivity index is 1.75. The Labute approximate surface area is 176 Å². The van der Waals surface area contributed by atoms with Crippen LogP contribution < -0.4 is 0 Å². The van der Waals surface area contributed by atoms with Crippen LogP contribution in [0.4, 0.5) is 0 Å². The van der Waals surface area contributed by atoms with Gasteiger partial charge in [0.1, 0.15) is 0 Å². The molecule has 1 nitrogen and oxygen atoms in total. The molecule has 0 spiro atoms. The van der Waals surface area contributed by atoms with E-state index in [-0.39, 0.29) is 11.2 Å². The molecule has 162 valence electrons. The number of hydrogen-bond acceptors (Lipinski definition) is 1. The molecular formula is C27H48O. The standard InChI is InChI=1S/C27H48O/c1-8-25(6,7)23(20-24(3,4)5)21-13-12-14-22(19-21)27(17-18-27)28-26(9-2)15-10-11-16-26/h12,14,21-23H,8-11,13,15-20H2,1-7H3. The van der Waals surface area contributed by atoms with Crippen LogP contribution in [0.3, 0.4) is 0 Å². The maximum Gasteiger partial charge on any atom is 0.0754 e. The first-order valence-corrected chi connectivity index (χ1v) is 12.4. The summed E-state index contributed by atoms with van der Waals surface area (Å²) in [6.07, 6.45) is 19.4. The third kappa shape index (κ3) is 4.88. The van der Waals surface area contributed by atoms with E-state index in [2.05, 4.69) is 60.6 Å². The zero-order valence-corrected chi connectivity index (χ0v) is 20.1. The molecule has 1 heteroatoms. The maximum absolute atomic E-state index is 7.08. The van der Waals surface area contributed by atoms with E-state index in [1.54, 1.807) is 0 Å². The van der Waals surface area contributed by atoms with Crippen molar-refractivity contribution in [1.82, 2.24) is 0 Å². The van der Waals surface area contributed by atoms with Gasteiger partial charge in [-0.15, -0.1) is 0 Å². The second-order valence-corrected chi connectivity index (χ2v) is 12.4. The molecule has 0 bridgehead atoms. The predicted molar refractivity (Wildman–Crippen MR) is 122 cm³/mol. The van der Waals surface area contributed by atoms with Gasteiger partial charge in [0.05, 0.1) is 11.2 Å². The van der Waals surface area contributed by atoms with Gasteiger partial charge in [-0.25, -0.2) is 0 Å². The molecule has 2 saturated carbocycles. The van der Waals surface area contributed by atoms with Crippen molar-refractivity contribution in [3.8, 4) is 0 Å². The van der Waals surface area contributed by atoms with Gasteiger partial charge >= 0.3 is 0 Å². The molecule has 0 amide bonds.